The van der Waals surface area contributed by atoms with Crippen molar-refractivity contribution in [3.63, 3.8) is 0 Å². The monoisotopic (exact) mass is 459 g/mol. The van der Waals surface area contributed by atoms with E-state index in [0.29, 0.717) is 11.4 Å². The number of ether oxygens (including phenoxy) is 6. The van der Waals surface area contributed by atoms with Gasteiger partial charge in [0, 0.05) is 25.7 Å². The maximum Gasteiger partial charge on any atom is 0.256 e. The molecule has 1 aromatic carbocycles. The van der Waals surface area contributed by atoms with Crippen LogP contribution in [0.4, 0.5) is 5.69 Å². The van der Waals surface area contributed by atoms with Crippen LogP contribution in [0.3, 0.4) is 0 Å². The van der Waals surface area contributed by atoms with E-state index in [1.54, 1.807) is 13.2 Å². The summed E-state index contributed by atoms with van der Waals surface area (Å²) in [5.74, 6) is -1.01. The summed E-state index contributed by atoms with van der Waals surface area (Å²) in [4.78, 5) is 13.5. The summed E-state index contributed by atoms with van der Waals surface area (Å²) in [6.45, 7) is 0. The molecule has 5 aliphatic rings. The molecule has 6 rings (SSSR count). The van der Waals surface area contributed by atoms with Crippen LogP contribution in [0.25, 0.3) is 0 Å². The lowest BCUT2D eigenvalue weighted by Gasteiger charge is -2.36. The Hall–Kier alpha value is -1.71. The van der Waals surface area contributed by atoms with Gasteiger partial charge in [-0.3, -0.25) is 4.79 Å². The Morgan fingerprint density at radius 1 is 0.848 bits per heavy atom. The highest BCUT2D eigenvalue weighted by atomic mass is 16.9. The summed E-state index contributed by atoms with van der Waals surface area (Å²) in [6.07, 6.45) is 7.02. The Kier molecular flexibility index (Phi) is 5.62. The lowest BCUT2D eigenvalue weighted by atomic mass is 9.94. The molecule has 0 bridgehead atoms. The van der Waals surface area contributed by atoms with Gasteiger partial charge in [0.2, 0.25) is 0 Å². The minimum Gasteiger partial charge on any atom is -0.495 e. The van der Waals surface area contributed by atoms with Crippen molar-refractivity contribution in [1.29, 1.82) is 0 Å². The number of rotatable bonds is 3. The Morgan fingerprint density at radius 2 is 1.45 bits per heavy atom. The molecule has 8 heteroatoms. The van der Waals surface area contributed by atoms with Crippen molar-refractivity contribution in [3.8, 4) is 5.75 Å². The van der Waals surface area contributed by atoms with E-state index in [9.17, 15) is 4.79 Å². The molecule has 2 spiro atoms. The number of fused-ring (bicyclic) bond motifs is 3. The van der Waals surface area contributed by atoms with Gasteiger partial charge in [0.05, 0.1) is 12.8 Å². The Labute approximate surface area is 194 Å². The van der Waals surface area contributed by atoms with Crippen LogP contribution >= 0.6 is 0 Å². The van der Waals surface area contributed by atoms with Crippen LogP contribution in [-0.2, 0) is 28.5 Å². The van der Waals surface area contributed by atoms with Crippen LogP contribution in [0.15, 0.2) is 24.3 Å². The highest BCUT2D eigenvalue weighted by Crippen LogP contribution is 2.51. The predicted molar refractivity (Wildman–Crippen MR) is 118 cm³/mol. The Balaban J connectivity index is 1.28. The molecule has 1 aromatic rings. The number of anilines is 1. The van der Waals surface area contributed by atoms with Crippen LogP contribution in [0.2, 0.25) is 0 Å². The number of methoxy groups -OCH3 is 1. The Bertz CT molecular complexity index is 879. The lowest BCUT2D eigenvalue weighted by molar-refractivity contribution is -0.246. The molecule has 0 aromatic heterocycles. The van der Waals surface area contributed by atoms with E-state index in [-0.39, 0.29) is 5.91 Å². The van der Waals surface area contributed by atoms with E-state index in [1.807, 2.05) is 18.2 Å². The second kappa shape index (κ2) is 8.50. The molecule has 8 nitrogen and oxygen atoms in total. The fourth-order valence-corrected chi connectivity index (χ4v) is 6.12. The summed E-state index contributed by atoms with van der Waals surface area (Å²) < 4.78 is 37.7. The van der Waals surface area contributed by atoms with Gasteiger partial charge in [-0.05, 0) is 37.8 Å². The number of nitrogens with one attached hydrogen (secondary N) is 1. The zero-order valence-corrected chi connectivity index (χ0v) is 19.1. The third-order valence-corrected chi connectivity index (χ3v) is 7.73. The first kappa shape index (κ1) is 21.8. The van der Waals surface area contributed by atoms with Crippen LogP contribution in [0.1, 0.15) is 64.2 Å². The maximum atomic E-state index is 13.5. The Morgan fingerprint density at radius 3 is 2.15 bits per heavy atom. The summed E-state index contributed by atoms with van der Waals surface area (Å²) in [5, 5.41) is 2.97. The average Bonchev–Trinajstić information content (AvgIpc) is 3.37. The SMILES string of the molecule is COc1ccccc1NC(=O)C1OC2OC3(CCCCC3)OC2C2OC3(CCCCC3)OC12. The summed E-state index contributed by atoms with van der Waals surface area (Å²) in [7, 11) is 1.58. The molecule has 5 fully saturated rings. The van der Waals surface area contributed by atoms with Crippen molar-refractivity contribution in [1.82, 2.24) is 0 Å². The number of hydrogen-bond donors (Lipinski definition) is 1. The highest BCUT2D eigenvalue weighted by molar-refractivity contribution is 5.96. The molecule has 3 saturated heterocycles. The van der Waals surface area contributed by atoms with E-state index in [1.165, 1.54) is 12.8 Å². The van der Waals surface area contributed by atoms with Crippen LogP contribution in [0.5, 0.6) is 5.75 Å². The number of amides is 1. The van der Waals surface area contributed by atoms with E-state index in [2.05, 4.69) is 5.32 Å². The third-order valence-electron chi connectivity index (χ3n) is 7.73. The molecule has 0 radical (unpaired) electrons. The number of para-hydroxylation sites is 2. The number of hydrogen-bond acceptors (Lipinski definition) is 7. The van der Waals surface area contributed by atoms with Crippen molar-refractivity contribution in [3.05, 3.63) is 24.3 Å². The van der Waals surface area contributed by atoms with Crippen LogP contribution in [-0.4, -0.2) is 55.3 Å². The van der Waals surface area contributed by atoms with E-state index in [0.717, 1.165) is 51.4 Å². The second-order valence-corrected chi connectivity index (χ2v) is 9.92. The summed E-state index contributed by atoms with van der Waals surface area (Å²) >= 11 is 0. The lowest BCUT2D eigenvalue weighted by Crippen LogP contribution is -2.58. The standard InChI is InChI=1S/C25H33NO7/c1-28-17-11-5-4-10-16(17)26-22(27)20-18-19(31-24(30-18)12-6-2-7-13-24)21-23(29-20)33-25(32-21)14-8-3-9-15-25/h4-5,10-11,18-21,23H,2-3,6-9,12-15H2,1H3,(H,26,27). The van der Waals surface area contributed by atoms with Crippen LogP contribution < -0.4 is 10.1 Å². The first-order chi connectivity index (χ1) is 16.1. The van der Waals surface area contributed by atoms with E-state index < -0.39 is 42.3 Å². The zero-order chi connectivity index (χ0) is 22.5. The van der Waals surface area contributed by atoms with Gasteiger partial charge in [-0.2, -0.15) is 0 Å². The molecule has 2 saturated carbocycles. The van der Waals surface area contributed by atoms with Gasteiger partial charge in [-0.1, -0.05) is 25.0 Å². The van der Waals surface area contributed by atoms with E-state index >= 15 is 0 Å². The molecule has 3 aliphatic heterocycles. The smallest absolute Gasteiger partial charge is 0.256 e. The molecule has 180 valence electrons. The molecule has 3 heterocycles. The molecule has 5 atom stereocenters. The molecule has 1 amide bonds. The highest BCUT2D eigenvalue weighted by Gasteiger charge is 2.65. The van der Waals surface area contributed by atoms with Crippen molar-refractivity contribution in [2.75, 3.05) is 12.4 Å². The van der Waals surface area contributed by atoms with Gasteiger partial charge in [-0.25, -0.2) is 0 Å². The largest absolute Gasteiger partial charge is 0.495 e. The number of carbonyl (C=O) groups excluding carboxylic acids is 1. The minimum absolute atomic E-state index is 0.294. The molecule has 5 unspecified atom stereocenters. The van der Waals surface area contributed by atoms with Gasteiger partial charge in [0.1, 0.15) is 24.1 Å². The second-order valence-electron chi connectivity index (χ2n) is 9.92. The summed E-state index contributed by atoms with van der Waals surface area (Å²) in [6, 6.07) is 7.33. The zero-order valence-electron chi connectivity index (χ0n) is 19.1. The van der Waals surface area contributed by atoms with Gasteiger partial charge < -0.3 is 33.7 Å². The van der Waals surface area contributed by atoms with Crippen molar-refractivity contribution in [2.24, 2.45) is 0 Å². The molecule has 2 aliphatic carbocycles. The molecular formula is C25H33NO7. The van der Waals surface area contributed by atoms with Gasteiger partial charge >= 0.3 is 0 Å². The first-order valence-electron chi connectivity index (χ1n) is 12.4. The topological polar surface area (TPSA) is 84.5 Å². The van der Waals surface area contributed by atoms with Crippen molar-refractivity contribution in [2.45, 2.75) is 106 Å². The van der Waals surface area contributed by atoms with Crippen LogP contribution in [0, 0.1) is 0 Å². The van der Waals surface area contributed by atoms with Gasteiger partial charge in [-0.15, -0.1) is 0 Å². The number of benzene rings is 1. The quantitative estimate of drug-likeness (QED) is 0.734. The average molecular weight is 460 g/mol. The molecule has 1 N–H and O–H groups in total. The van der Waals surface area contributed by atoms with Gasteiger partial charge in [0.25, 0.3) is 5.91 Å². The number of carbonyl (C=O) groups is 1. The fourth-order valence-electron chi connectivity index (χ4n) is 6.12. The third kappa shape index (κ3) is 3.86. The molecular weight excluding hydrogens is 426 g/mol. The first-order valence-corrected chi connectivity index (χ1v) is 12.4. The predicted octanol–water partition coefficient (Wildman–Crippen LogP) is 3.88. The van der Waals surface area contributed by atoms with Gasteiger partial charge in [0.15, 0.2) is 24.0 Å². The normalized spacial score (nSPS) is 36.3. The van der Waals surface area contributed by atoms with Crippen molar-refractivity contribution < 1.29 is 33.2 Å². The minimum atomic E-state index is -0.871. The molecule has 33 heavy (non-hydrogen) atoms. The fraction of sp³-hybridized carbons (Fsp3) is 0.720. The van der Waals surface area contributed by atoms with E-state index in [4.69, 9.17) is 28.4 Å². The summed E-state index contributed by atoms with van der Waals surface area (Å²) in [5.41, 5.74) is 0.589. The van der Waals surface area contributed by atoms with Crippen molar-refractivity contribution >= 4 is 11.6 Å². The maximum absolute atomic E-state index is 13.5.